The molecule has 0 aliphatic carbocycles. The third-order valence-electron chi connectivity index (χ3n) is 2.04. The van der Waals surface area contributed by atoms with Gasteiger partial charge < -0.3 is 10.2 Å². The number of aromatic hydroxyl groups is 1. The van der Waals surface area contributed by atoms with Crippen LogP contribution in [-0.2, 0) is 9.59 Å². The summed E-state index contributed by atoms with van der Waals surface area (Å²) >= 11 is 5.13. The van der Waals surface area contributed by atoms with Crippen LogP contribution in [0.5, 0.6) is 5.75 Å². The van der Waals surface area contributed by atoms with Crippen molar-refractivity contribution in [3.05, 3.63) is 48.2 Å². The fourth-order valence-corrected chi connectivity index (χ4v) is 1.28. The van der Waals surface area contributed by atoms with E-state index in [1.54, 1.807) is 0 Å². The summed E-state index contributed by atoms with van der Waals surface area (Å²) in [6, 6.07) is 5.66. The van der Waals surface area contributed by atoms with Crippen molar-refractivity contribution >= 4 is 28.2 Å². The first-order valence-corrected chi connectivity index (χ1v) is 4.92. The molecule has 1 aromatic rings. The van der Waals surface area contributed by atoms with Gasteiger partial charge >= 0.3 is 0 Å². The largest absolute Gasteiger partial charge is 0.515 e. The van der Waals surface area contributed by atoms with Crippen LogP contribution >= 0.6 is 11.6 Å². The Morgan fingerprint density at radius 3 is 2.47 bits per heavy atom. The number of carbonyl (C=O) groups is 2. The van der Waals surface area contributed by atoms with E-state index >= 15 is 0 Å². The summed E-state index contributed by atoms with van der Waals surface area (Å²) < 4.78 is 0. The number of aliphatic hydroxyl groups is 1. The number of ketones is 1. The van der Waals surface area contributed by atoms with Crippen molar-refractivity contribution in [3.8, 4) is 5.75 Å². The smallest absolute Gasteiger partial charge is 0.255 e. The normalized spacial score (nSPS) is 11.0. The second kappa shape index (κ2) is 5.32. The minimum absolute atomic E-state index is 0.0718. The third-order valence-corrected chi connectivity index (χ3v) is 2.27. The molecule has 0 aliphatic rings. The standard InChI is InChI=1S/C12H9ClO4/c1-7(12(13)17)11(16)10(6-14)8-3-2-4-9(15)5-8/h2-6,14-15H,1H2/b10-6+. The number of rotatable bonds is 4. The second-order valence-corrected chi connectivity index (χ2v) is 3.52. The van der Waals surface area contributed by atoms with Crippen LogP contribution in [0.15, 0.2) is 42.7 Å². The highest BCUT2D eigenvalue weighted by molar-refractivity contribution is 6.72. The lowest BCUT2D eigenvalue weighted by molar-refractivity contribution is -0.114. The maximum Gasteiger partial charge on any atom is 0.255 e. The molecular formula is C12H9ClO4. The van der Waals surface area contributed by atoms with E-state index in [2.05, 4.69) is 6.58 Å². The molecule has 0 heterocycles. The predicted octanol–water partition coefficient (Wildman–Crippen LogP) is 2.18. The van der Waals surface area contributed by atoms with Gasteiger partial charge in [0.15, 0.2) is 0 Å². The minimum Gasteiger partial charge on any atom is -0.515 e. The number of phenols is 1. The Kier molecular flexibility index (Phi) is 4.06. The van der Waals surface area contributed by atoms with Gasteiger partial charge in [-0.3, -0.25) is 9.59 Å². The van der Waals surface area contributed by atoms with Crippen molar-refractivity contribution < 1.29 is 19.8 Å². The summed E-state index contributed by atoms with van der Waals surface area (Å²) in [5.74, 6) is -0.865. The maximum absolute atomic E-state index is 11.7. The van der Waals surface area contributed by atoms with Gasteiger partial charge in [0, 0.05) is 0 Å². The van der Waals surface area contributed by atoms with Crippen LogP contribution in [0.3, 0.4) is 0 Å². The summed E-state index contributed by atoms with van der Waals surface area (Å²) in [5, 5.41) is 17.3. The average Bonchev–Trinajstić information content (AvgIpc) is 2.28. The zero-order chi connectivity index (χ0) is 13.0. The topological polar surface area (TPSA) is 74.6 Å². The molecule has 0 saturated heterocycles. The van der Waals surface area contributed by atoms with Crippen LogP contribution < -0.4 is 0 Å². The third kappa shape index (κ3) is 2.95. The molecule has 0 spiro atoms. The minimum atomic E-state index is -0.991. The van der Waals surface area contributed by atoms with Crippen molar-refractivity contribution in [2.45, 2.75) is 0 Å². The van der Waals surface area contributed by atoms with Crippen molar-refractivity contribution in [1.82, 2.24) is 0 Å². The lowest BCUT2D eigenvalue weighted by atomic mass is 9.99. The molecule has 0 bridgehead atoms. The van der Waals surface area contributed by atoms with Crippen LogP contribution in [0.4, 0.5) is 0 Å². The van der Waals surface area contributed by atoms with Crippen molar-refractivity contribution in [3.63, 3.8) is 0 Å². The molecule has 0 unspecified atom stereocenters. The van der Waals surface area contributed by atoms with Gasteiger partial charge in [-0.2, -0.15) is 0 Å². The van der Waals surface area contributed by atoms with Crippen LogP contribution in [0.1, 0.15) is 5.56 Å². The number of benzene rings is 1. The molecule has 0 fully saturated rings. The number of phenolic OH excluding ortho intramolecular Hbond substituents is 1. The molecule has 0 amide bonds. The highest BCUT2D eigenvalue weighted by Crippen LogP contribution is 2.22. The monoisotopic (exact) mass is 252 g/mol. The fraction of sp³-hybridized carbons (Fsp3) is 0. The second-order valence-electron chi connectivity index (χ2n) is 3.17. The quantitative estimate of drug-likeness (QED) is 0.283. The Morgan fingerprint density at radius 2 is 2.00 bits per heavy atom. The number of hydrogen-bond acceptors (Lipinski definition) is 4. The Labute approximate surface area is 102 Å². The van der Waals surface area contributed by atoms with E-state index in [9.17, 15) is 14.7 Å². The summed E-state index contributed by atoms with van der Waals surface area (Å²) in [6.45, 7) is 3.23. The number of Topliss-reactive ketones (excluding diaryl/α,β-unsaturated/α-hetero) is 1. The van der Waals surface area contributed by atoms with E-state index in [4.69, 9.17) is 16.7 Å². The Bertz CT molecular complexity index is 517. The molecule has 0 radical (unpaired) electrons. The van der Waals surface area contributed by atoms with Gasteiger partial charge in [0.05, 0.1) is 17.4 Å². The van der Waals surface area contributed by atoms with E-state index in [-0.39, 0.29) is 16.9 Å². The summed E-state index contributed by atoms with van der Waals surface area (Å²) in [4.78, 5) is 22.5. The lowest BCUT2D eigenvalue weighted by Gasteiger charge is -2.05. The van der Waals surface area contributed by atoms with Gasteiger partial charge in [0.25, 0.3) is 5.24 Å². The van der Waals surface area contributed by atoms with Crippen LogP contribution in [0.2, 0.25) is 0 Å². The number of aliphatic hydroxyl groups excluding tert-OH is 1. The van der Waals surface area contributed by atoms with E-state index in [1.165, 1.54) is 24.3 Å². The first-order valence-electron chi connectivity index (χ1n) is 4.54. The van der Waals surface area contributed by atoms with E-state index in [1.807, 2.05) is 0 Å². The molecule has 1 aromatic carbocycles. The molecule has 17 heavy (non-hydrogen) atoms. The maximum atomic E-state index is 11.7. The number of carbonyl (C=O) groups excluding carboxylic acids is 2. The molecular weight excluding hydrogens is 244 g/mol. The zero-order valence-corrected chi connectivity index (χ0v) is 9.44. The fourth-order valence-electron chi connectivity index (χ4n) is 1.19. The molecule has 0 atom stereocenters. The van der Waals surface area contributed by atoms with E-state index < -0.39 is 16.6 Å². The average molecular weight is 253 g/mol. The van der Waals surface area contributed by atoms with Gasteiger partial charge in [-0.25, -0.2) is 0 Å². The Hall–Kier alpha value is -2.07. The molecule has 4 nitrogen and oxygen atoms in total. The number of hydrogen-bond donors (Lipinski definition) is 2. The summed E-state index contributed by atoms with van der Waals surface area (Å²) in [7, 11) is 0. The molecule has 0 saturated carbocycles. The summed E-state index contributed by atoms with van der Waals surface area (Å²) in [5.41, 5.74) is -0.355. The van der Waals surface area contributed by atoms with Crippen LogP contribution in [0, 0.1) is 0 Å². The Balaban J connectivity index is 3.14. The highest BCUT2D eigenvalue weighted by Gasteiger charge is 2.20. The van der Waals surface area contributed by atoms with Gasteiger partial charge in [-0.15, -0.1) is 0 Å². The van der Waals surface area contributed by atoms with E-state index in [0.717, 1.165) is 0 Å². The lowest BCUT2D eigenvalue weighted by Crippen LogP contribution is -2.09. The van der Waals surface area contributed by atoms with Gasteiger partial charge in [-0.1, -0.05) is 18.7 Å². The zero-order valence-electron chi connectivity index (χ0n) is 8.68. The number of allylic oxidation sites excluding steroid dienone is 2. The van der Waals surface area contributed by atoms with Crippen LogP contribution in [-0.4, -0.2) is 21.2 Å². The van der Waals surface area contributed by atoms with Crippen molar-refractivity contribution in [2.24, 2.45) is 0 Å². The molecule has 5 heteroatoms. The van der Waals surface area contributed by atoms with Crippen LogP contribution in [0.25, 0.3) is 5.57 Å². The molecule has 88 valence electrons. The van der Waals surface area contributed by atoms with Gasteiger partial charge in [0.1, 0.15) is 5.75 Å². The highest BCUT2D eigenvalue weighted by atomic mass is 35.5. The van der Waals surface area contributed by atoms with Gasteiger partial charge in [-0.05, 0) is 29.3 Å². The van der Waals surface area contributed by atoms with Gasteiger partial charge in [0.2, 0.25) is 5.78 Å². The first-order chi connectivity index (χ1) is 7.97. The van der Waals surface area contributed by atoms with Crippen molar-refractivity contribution in [1.29, 1.82) is 0 Å². The molecule has 0 aromatic heterocycles. The summed E-state index contributed by atoms with van der Waals surface area (Å²) in [6.07, 6.45) is 0.544. The van der Waals surface area contributed by atoms with E-state index in [0.29, 0.717) is 6.26 Å². The SMILES string of the molecule is C=C(C(=O)Cl)C(=O)/C(=C/O)c1cccc(O)c1. The molecule has 1 rings (SSSR count). The number of halogens is 1. The Morgan fingerprint density at radius 1 is 1.35 bits per heavy atom. The molecule has 0 aliphatic heterocycles. The van der Waals surface area contributed by atoms with Crippen molar-refractivity contribution in [2.75, 3.05) is 0 Å². The first kappa shape index (κ1) is 13.0. The predicted molar refractivity (Wildman–Crippen MR) is 63.7 cm³/mol. The molecule has 2 N–H and O–H groups in total.